The van der Waals surface area contributed by atoms with Gasteiger partial charge in [0, 0.05) is 12.1 Å². The van der Waals surface area contributed by atoms with Gasteiger partial charge in [-0.25, -0.2) is 9.37 Å². The van der Waals surface area contributed by atoms with E-state index < -0.39 is 5.82 Å². The number of hydrogen-bond donors (Lipinski definition) is 1. The van der Waals surface area contributed by atoms with Crippen LogP contribution in [0.5, 0.6) is 0 Å². The molecule has 0 aliphatic heterocycles. The van der Waals surface area contributed by atoms with Crippen molar-refractivity contribution in [1.29, 1.82) is 0 Å². The Kier molecular flexibility index (Phi) is 4.10. The molecule has 0 unspecified atom stereocenters. The minimum Gasteiger partial charge on any atom is -0.361 e. The van der Waals surface area contributed by atoms with Crippen LogP contribution in [0.2, 0.25) is 5.02 Å². The van der Waals surface area contributed by atoms with Crippen LogP contribution in [-0.4, -0.2) is 16.4 Å². The summed E-state index contributed by atoms with van der Waals surface area (Å²) in [4.78, 5) is 3.99. The number of rotatable bonds is 3. The average molecular weight is 277 g/mol. The molecule has 2 nitrogen and oxygen atoms in total. The summed E-state index contributed by atoms with van der Waals surface area (Å²) in [6.07, 6.45) is 6.82. The summed E-state index contributed by atoms with van der Waals surface area (Å²) < 4.78 is 13.7. The molecule has 2 rings (SSSR count). The van der Waals surface area contributed by atoms with Crippen LogP contribution in [0.1, 0.15) is 32.1 Å². The number of alkyl halides is 1. The zero-order chi connectivity index (χ0) is 12.3. The van der Waals surface area contributed by atoms with Crippen LogP contribution in [0, 0.1) is 5.82 Å². The van der Waals surface area contributed by atoms with Crippen molar-refractivity contribution in [2.75, 3.05) is 11.2 Å². The molecule has 5 heteroatoms. The molecule has 0 saturated heterocycles. The largest absolute Gasteiger partial charge is 0.361 e. The Bertz CT molecular complexity index is 392. The highest BCUT2D eigenvalue weighted by molar-refractivity contribution is 6.30. The molecule has 0 aromatic carbocycles. The fourth-order valence-electron chi connectivity index (χ4n) is 2.28. The number of nitrogens with zero attached hydrogens (tertiary/aromatic N) is 1. The van der Waals surface area contributed by atoms with E-state index in [4.69, 9.17) is 23.2 Å². The maximum atomic E-state index is 13.7. The molecule has 1 aliphatic carbocycles. The molecule has 0 bridgehead atoms. The SMILES string of the molecule is Fc1cc(Cl)cnc1NC1(CCl)CCCCC1. The first-order valence-electron chi connectivity index (χ1n) is 5.80. The number of nitrogens with one attached hydrogen (secondary N) is 1. The van der Waals surface area contributed by atoms with E-state index in [9.17, 15) is 4.39 Å². The molecule has 0 amide bonds. The minimum absolute atomic E-state index is 0.221. The van der Waals surface area contributed by atoms with Crippen molar-refractivity contribution in [2.24, 2.45) is 0 Å². The number of pyridine rings is 1. The van der Waals surface area contributed by atoms with Gasteiger partial charge in [-0.05, 0) is 18.9 Å². The molecule has 1 aromatic rings. The van der Waals surface area contributed by atoms with Gasteiger partial charge >= 0.3 is 0 Å². The number of hydrogen-bond acceptors (Lipinski definition) is 2. The van der Waals surface area contributed by atoms with Gasteiger partial charge in [0.25, 0.3) is 0 Å². The summed E-state index contributed by atoms with van der Waals surface area (Å²) in [6.45, 7) is 0. The first-order valence-corrected chi connectivity index (χ1v) is 6.72. The molecular formula is C12H15Cl2FN2. The van der Waals surface area contributed by atoms with E-state index in [0.29, 0.717) is 10.9 Å². The molecule has 0 spiro atoms. The minimum atomic E-state index is -0.424. The smallest absolute Gasteiger partial charge is 0.166 e. The fourth-order valence-corrected chi connectivity index (χ4v) is 2.76. The summed E-state index contributed by atoms with van der Waals surface area (Å²) in [5.74, 6) is 0.293. The monoisotopic (exact) mass is 276 g/mol. The van der Waals surface area contributed by atoms with Gasteiger partial charge in [0.2, 0.25) is 0 Å². The summed E-state index contributed by atoms with van der Waals surface area (Å²) in [5.41, 5.74) is -0.221. The molecular weight excluding hydrogens is 262 g/mol. The quantitative estimate of drug-likeness (QED) is 0.836. The third-order valence-corrected chi connectivity index (χ3v) is 3.98. The van der Waals surface area contributed by atoms with Crippen molar-refractivity contribution in [3.63, 3.8) is 0 Å². The predicted molar refractivity (Wildman–Crippen MR) is 69.4 cm³/mol. The van der Waals surface area contributed by atoms with Gasteiger partial charge in [0.1, 0.15) is 0 Å². The predicted octanol–water partition coefficient (Wildman–Crippen LogP) is 4.23. The van der Waals surface area contributed by atoms with Crippen LogP contribution in [-0.2, 0) is 0 Å². The zero-order valence-corrected chi connectivity index (χ0v) is 11.0. The molecule has 94 valence electrons. The van der Waals surface area contributed by atoms with Crippen LogP contribution in [0.3, 0.4) is 0 Å². The van der Waals surface area contributed by atoms with Crippen molar-refractivity contribution in [3.05, 3.63) is 23.1 Å². The second kappa shape index (κ2) is 5.40. The molecule has 0 atom stereocenters. The standard InChI is InChI=1S/C12H15Cl2FN2/c13-8-12(4-2-1-3-5-12)17-11-10(15)6-9(14)7-16-11/h6-7H,1-5,8H2,(H,16,17). The van der Waals surface area contributed by atoms with Crippen LogP contribution >= 0.6 is 23.2 Å². The van der Waals surface area contributed by atoms with Gasteiger partial charge < -0.3 is 5.32 Å². The topological polar surface area (TPSA) is 24.9 Å². The maximum Gasteiger partial charge on any atom is 0.166 e. The van der Waals surface area contributed by atoms with Crippen LogP contribution in [0.4, 0.5) is 10.2 Å². The Morgan fingerprint density at radius 3 is 2.65 bits per heavy atom. The van der Waals surface area contributed by atoms with Crippen molar-refractivity contribution < 1.29 is 4.39 Å². The molecule has 1 saturated carbocycles. The molecule has 1 N–H and O–H groups in total. The fraction of sp³-hybridized carbons (Fsp3) is 0.583. The van der Waals surface area contributed by atoms with Crippen molar-refractivity contribution in [2.45, 2.75) is 37.6 Å². The third-order valence-electron chi connectivity index (χ3n) is 3.26. The summed E-state index contributed by atoms with van der Waals surface area (Å²) >= 11 is 11.7. The molecule has 1 aromatic heterocycles. The first-order chi connectivity index (χ1) is 8.15. The van der Waals surface area contributed by atoms with Crippen LogP contribution in [0.15, 0.2) is 12.3 Å². The van der Waals surface area contributed by atoms with Gasteiger partial charge in [-0.3, -0.25) is 0 Å². The van der Waals surface area contributed by atoms with Crippen molar-refractivity contribution in [1.82, 2.24) is 4.98 Å². The summed E-state index contributed by atoms with van der Waals surface area (Å²) in [6, 6.07) is 1.27. The van der Waals surface area contributed by atoms with Gasteiger partial charge in [-0.1, -0.05) is 30.9 Å². The zero-order valence-electron chi connectivity index (χ0n) is 9.48. The van der Waals surface area contributed by atoms with E-state index in [1.54, 1.807) is 0 Å². The van der Waals surface area contributed by atoms with Crippen molar-refractivity contribution in [3.8, 4) is 0 Å². The summed E-state index contributed by atoms with van der Waals surface area (Å²) in [5, 5.41) is 3.47. The molecule has 17 heavy (non-hydrogen) atoms. The molecule has 1 fully saturated rings. The van der Waals surface area contributed by atoms with Crippen LogP contribution < -0.4 is 5.32 Å². The van der Waals surface area contributed by atoms with Gasteiger partial charge in [0.05, 0.1) is 10.6 Å². The lowest BCUT2D eigenvalue weighted by Gasteiger charge is -2.37. The Morgan fingerprint density at radius 1 is 1.35 bits per heavy atom. The average Bonchev–Trinajstić information content (AvgIpc) is 2.34. The Balaban J connectivity index is 2.17. The second-order valence-corrected chi connectivity index (χ2v) is 5.29. The van der Waals surface area contributed by atoms with Gasteiger partial charge in [-0.2, -0.15) is 0 Å². The van der Waals surface area contributed by atoms with E-state index in [1.165, 1.54) is 18.7 Å². The van der Waals surface area contributed by atoms with Gasteiger partial charge in [-0.15, -0.1) is 11.6 Å². The van der Waals surface area contributed by atoms with E-state index in [2.05, 4.69) is 10.3 Å². The Hall–Kier alpha value is -0.540. The molecule has 1 aliphatic rings. The van der Waals surface area contributed by atoms with E-state index in [1.807, 2.05) is 0 Å². The normalized spacial score (nSPS) is 19.0. The highest BCUT2D eigenvalue weighted by Crippen LogP contribution is 2.33. The van der Waals surface area contributed by atoms with E-state index in [0.717, 1.165) is 25.7 Å². The van der Waals surface area contributed by atoms with E-state index in [-0.39, 0.29) is 11.4 Å². The first kappa shape index (κ1) is 12.9. The highest BCUT2D eigenvalue weighted by atomic mass is 35.5. The lowest BCUT2D eigenvalue weighted by Crippen LogP contribution is -2.42. The van der Waals surface area contributed by atoms with Gasteiger partial charge in [0.15, 0.2) is 11.6 Å². The van der Waals surface area contributed by atoms with E-state index >= 15 is 0 Å². The Morgan fingerprint density at radius 2 is 2.06 bits per heavy atom. The molecule has 0 radical (unpaired) electrons. The number of halogens is 3. The van der Waals surface area contributed by atoms with Crippen LogP contribution in [0.25, 0.3) is 0 Å². The third kappa shape index (κ3) is 3.02. The maximum absolute atomic E-state index is 13.7. The lowest BCUT2D eigenvalue weighted by atomic mass is 9.83. The number of anilines is 1. The summed E-state index contributed by atoms with van der Waals surface area (Å²) in [7, 11) is 0. The second-order valence-electron chi connectivity index (χ2n) is 4.58. The Labute approximate surface area is 111 Å². The highest BCUT2D eigenvalue weighted by Gasteiger charge is 2.32. The molecule has 1 heterocycles. The van der Waals surface area contributed by atoms with Crippen molar-refractivity contribution >= 4 is 29.0 Å². The lowest BCUT2D eigenvalue weighted by molar-refractivity contribution is 0.351. The number of aromatic nitrogens is 1.